The van der Waals surface area contributed by atoms with E-state index in [1.54, 1.807) is 11.8 Å². The molecule has 0 saturated carbocycles. The highest BCUT2D eigenvalue weighted by Gasteiger charge is 2.44. The Kier molecular flexibility index (Phi) is 3.64. The minimum absolute atomic E-state index is 0.567. The number of carbonyl (C=O) groups is 1. The third-order valence-corrected chi connectivity index (χ3v) is 4.93. The lowest BCUT2D eigenvalue weighted by atomic mass is 9.86. The van der Waals surface area contributed by atoms with Gasteiger partial charge in [-0.25, -0.2) is 4.79 Å². The van der Waals surface area contributed by atoms with Crippen LogP contribution >= 0.6 is 11.8 Å². The number of aryl methyl sites for hydroxylation is 1. The van der Waals surface area contributed by atoms with E-state index in [2.05, 4.69) is 5.32 Å². The summed E-state index contributed by atoms with van der Waals surface area (Å²) in [6.45, 7) is 2.02. The zero-order valence-electron chi connectivity index (χ0n) is 11.8. The topological polar surface area (TPSA) is 49.3 Å². The second-order valence-corrected chi connectivity index (χ2v) is 6.43. The first-order chi connectivity index (χ1) is 10.1. The van der Waals surface area contributed by atoms with Crippen LogP contribution in [-0.4, -0.2) is 16.8 Å². The second kappa shape index (κ2) is 5.45. The molecule has 0 aromatic heterocycles. The lowest BCUT2D eigenvalue weighted by Crippen LogP contribution is -2.45. The lowest BCUT2D eigenvalue weighted by molar-refractivity contribution is -0.143. The first-order valence-electron chi connectivity index (χ1n) is 6.92. The molecule has 2 N–H and O–H groups in total. The van der Waals surface area contributed by atoms with E-state index in [1.807, 2.05) is 55.5 Å². The number of hydrogen-bond donors (Lipinski definition) is 2. The minimum atomic E-state index is -1.04. The van der Waals surface area contributed by atoms with Crippen molar-refractivity contribution in [3.05, 3.63) is 59.7 Å². The average molecular weight is 299 g/mol. The Bertz CT molecular complexity index is 669. The van der Waals surface area contributed by atoms with E-state index in [9.17, 15) is 9.90 Å². The Labute approximate surface area is 128 Å². The van der Waals surface area contributed by atoms with Gasteiger partial charge in [0.1, 0.15) is 0 Å². The van der Waals surface area contributed by atoms with Crippen LogP contribution in [0.4, 0.5) is 5.69 Å². The van der Waals surface area contributed by atoms with E-state index < -0.39 is 11.5 Å². The van der Waals surface area contributed by atoms with Crippen molar-refractivity contribution >= 4 is 23.4 Å². The van der Waals surface area contributed by atoms with Gasteiger partial charge in [0, 0.05) is 21.9 Å². The van der Waals surface area contributed by atoms with Crippen molar-refractivity contribution in [2.75, 3.05) is 11.1 Å². The van der Waals surface area contributed by atoms with Crippen LogP contribution in [0.25, 0.3) is 0 Å². The Morgan fingerprint density at radius 3 is 2.62 bits per heavy atom. The maximum Gasteiger partial charge on any atom is 0.334 e. The Hall–Kier alpha value is -1.94. The van der Waals surface area contributed by atoms with Crippen molar-refractivity contribution in [2.45, 2.75) is 23.8 Å². The molecule has 1 unspecified atom stereocenters. The molecule has 21 heavy (non-hydrogen) atoms. The number of carboxylic acids is 1. The summed E-state index contributed by atoms with van der Waals surface area (Å²) < 4.78 is 0. The standard InChI is InChI=1S/C17H17NO2S/c1-12-6-8-13(9-7-12)18-17(16(19)20)10-11-21-15-5-3-2-4-14(15)17/h2-9,18H,10-11H2,1H3,(H,19,20). The number of thioether (sulfide) groups is 1. The summed E-state index contributed by atoms with van der Waals surface area (Å²) in [5.74, 6) is -0.0295. The highest BCUT2D eigenvalue weighted by atomic mass is 32.2. The predicted octanol–water partition coefficient (Wildman–Crippen LogP) is 3.88. The van der Waals surface area contributed by atoms with Crippen molar-refractivity contribution in [3.8, 4) is 0 Å². The summed E-state index contributed by atoms with van der Waals surface area (Å²) >= 11 is 1.72. The van der Waals surface area contributed by atoms with E-state index in [0.29, 0.717) is 6.42 Å². The summed E-state index contributed by atoms with van der Waals surface area (Å²) in [5.41, 5.74) is 1.81. The quantitative estimate of drug-likeness (QED) is 0.903. The van der Waals surface area contributed by atoms with E-state index in [1.165, 1.54) is 0 Å². The lowest BCUT2D eigenvalue weighted by Gasteiger charge is -2.36. The predicted molar refractivity (Wildman–Crippen MR) is 85.9 cm³/mol. The van der Waals surface area contributed by atoms with Gasteiger partial charge in [0.05, 0.1) is 0 Å². The zero-order chi connectivity index (χ0) is 14.9. The van der Waals surface area contributed by atoms with Crippen LogP contribution in [0.15, 0.2) is 53.4 Å². The maximum absolute atomic E-state index is 12.0. The molecule has 4 heteroatoms. The van der Waals surface area contributed by atoms with Gasteiger partial charge < -0.3 is 10.4 Å². The highest BCUT2D eigenvalue weighted by molar-refractivity contribution is 7.99. The monoisotopic (exact) mass is 299 g/mol. The fourth-order valence-electron chi connectivity index (χ4n) is 2.68. The molecular formula is C17H17NO2S. The fourth-order valence-corrected chi connectivity index (χ4v) is 3.88. The van der Waals surface area contributed by atoms with Gasteiger partial charge in [-0.15, -0.1) is 11.8 Å². The molecule has 2 aromatic rings. The van der Waals surface area contributed by atoms with Crippen LogP contribution < -0.4 is 5.32 Å². The summed E-state index contributed by atoms with van der Waals surface area (Å²) in [6.07, 6.45) is 0.567. The molecule has 0 bridgehead atoms. The number of benzene rings is 2. The van der Waals surface area contributed by atoms with E-state index in [0.717, 1.165) is 27.5 Å². The molecule has 108 valence electrons. The number of rotatable bonds is 3. The van der Waals surface area contributed by atoms with Crippen molar-refractivity contribution in [2.24, 2.45) is 0 Å². The van der Waals surface area contributed by atoms with E-state index in [4.69, 9.17) is 0 Å². The largest absolute Gasteiger partial charge is 0.479 e. The number of fused-ring (bicyclic) bond motifs is 1. The first-order valence-corrected chi connectivity index (χ1v) is 7.91. The van der Waals surface area contributed by atoms with Gasteiger partial charge in [0.25, 0.3) is 0 Å². The van der Waals surface area contributed by atoms with Crippen molar-refractivity contribution < 1.29 is 9.90 Å². The van der Waals surface area contributed by atoms with Crippen LogP contribution in [0.1, 0.15) is 17.5 Å². The Balaban J connectivity index is 2.05. The number of aliphatic carboxylic acids is 1. The first kappa shape index (κ1) is 14.0. The molecule has 3 rings (SSSR count). The maximum atomic E-state index is 12.0. The smallest absolute Gasteiger partial charge is 0.334 e. The number of hydrogen-bond acceptors (Lipinski definition) is 3. The third kappa shape index (κ3) is 2.51. The average Bonchev–Trinajstić information content (AvgIpc) is 2.50. The zero-order valence-corrected chi connectivity index (χ0v) is 12.6. The van der Waals surface area contributed by atoms with Crippen LogP contribution in [0.2, 0.25) is 0 Å². The molecular weight excluding hydrogens is 282 g/mol. The van der Waals surface area contributed by atoms with E-state index >= 15 is 0 Å². The molecule has 0 amide bonds. The second-order valence-electron chi connectivity index (χ2n) is 5.30. The van der Waals surface area contributed by atoms with Gasteiger partial charge >= 0.3 is 5.97 Å². The minimum Gasteiger partial charge on any atom is -0.479 e. The van der Waals surface area contributed by atoms with Crippen LogP contribution in [0, 0.1) is 6.92 Å². The van der Waals surface area contributed by atoms with Crippen LogP contribution in [-0.2, 0) is 10.3 Å². The molecule has 1 atom stereocenters. The molecule has 1 heterocycles. The van der Waals surface area contributed by atoms with Gasteiger partial charge in [-0.2, -0.15) is 0 Å². The van der Waals surface area contributed by atoms with Crippen LogP contribution in [0.5, 0.6) is 0 Å². The molecule has 3 nitrogen and oxygen atoms in total. The van der Waals surface area contributed by atoms with Gasteiger partial charge in [-0.05, 0) is 31.5 Å². The van der Waals surface area contributed by atoms with Crippen molar-refractivity contribution in [1.82, 2.24) is 0 Å². The number of carboxylic acid groups (broad SMARTS) is 1. The van der Waals surface area contributed by atoms with Gasteiger partial charge in [0.15, 0.2) is 5.54 Å². The highest BCUT2D eigenvalue weighted by Crippen LogP contribution is 2.42. The van der Waals surface area contributed by atoms with Gasteiger partial charge in [0.2, 0.25) is 0 Å². The SMILES string of the molecule is Cc1ccc(NC2(C(=O)O)CCSc3ccccc32)cc1. The summed E-state index contributed by atoms with van der Waals surface area (Å²) in [5, 5.41) is 13.1. The molecule has 1 aliphatic rings. The fraction of sp³-hybridized carbons (Fsp3) is 0.235. The molecule has 0 fully saturated rings. The number of anilines is 1. The molecule has 0 spiro atoms. The molecule has 0 aliphatic carbocycles. The number of nitrogens with one attached hydrogen (secondary N) is 1. The molecule has 0 radical (unpaired) electrons. The molecule has 1 aliphatic heterocycles. The Morgan fingerprint density at radius 2 is 1.90 bits per heavy atom. The third-order valence-electron chi connectivity index (χ3n) is 3.86. The van der Waals surface area contributed by atoms with Crippen molar-refractivity contribution in [3.63, 3.8) is 0 Å². The molecule has 0 saturated heterocycles. The van der Waals surface area contributed by atoms with Gasteiger partial charge in [-0.3, -0.25) is 0 Å². The summed E-state index contributed by atoms with van der Waals surface area (Å²) in [7, 11) is 0. The summed E-state index contributed by atoms with van der Waals surface area (Å²) in [4.78, 5) is 13.1. The van der Waals surface area contributed by atoms with Crippen LogP contribution in [0.3, 0.4) is 0 Å². The van der Waals surface area contributed by atoms with Crippen molar-refractivity contribution in [1.29, 1.82) is 0 Å². The molecule has 2 aromatic carbocycles. The van der Waals surface area contributed by atoms with Gasteiger partial charge in [-0.1, -0.05) is 35.9 Å². The normalized spacial score (nSPS) is 20.6. The summed E-state index contributed by atoms with van der Waals surface area (Å²) in [6, 6.07) is 15.6. The van der Waals surface area contributed by atoms with E-state index in [-0.39, 0.29) is 0 Å². The Morgan fingerprint density at radius 1 is 1.19 bits per heavy atom.